The van der Waals surface area contributed by atoms with E-state index in [2.05, 4.69) is 16.8 Å². The molecule has 5 rings (SSSR count). The van der Waals surface area contributed by atoms with E-state index in [0.717, 1.165) is 36.4 Å². The highest BCUT2D eigenvalue weighted by Crippen LogP contribution is 2.35. The predicted molar refractivity (Wildman–Crippen MR) is 169 cm³/mol. The van der Waals surface area contributed by atoms with Gasteiger partial charge in [0.1, 0.15) is 0 Å². The third kappa shape index (κ3) is 6.18. The van der Waals surface area contributed by atoms with E-state index >= 15 is 0 Å². The Bertz CT molecular complexity index is 1710. The van der Waals surface area contributed by atoms with Crippen LogP contribution < -0.4 is 16.2 Å². The Morgan fingerprint density at radius 2 is 1.66 bits per heavy atom. The average Bonchev–Trinajstić information content (AvgIpc) is 3.34. The first-order chi connectivity index (χ1) is 21.2. The number of aromatic hydroxyl groups is 1. The number of rotatable bonds is 7. The van der Waals surface area contributed by atoms with Gasteiger partial charge in [0.05, 0.1) is 41.7 Å². The molecular formula is C32H35N7O5. The number of aromatic nitrogens is 1. The summed E-state index contributed by atoms with van der Waals surface area (Å²) in [5.41, 5.74) is 5.08. The van der Waals surface area contributed by atoms with Crippen LogP contribution in [0.5, 0.6) is 5.88 Å². The molecule has 1 fully saturated rings. The summed E-state index contributed by atoms with van der Waals surface area (Å²) in [5, 5.41) is 11.9. The van der Waals surface area contributed by atoms with Crippen LogP contribution in [0.15, 0.2) is 77.8 Å². The molecule has 228 valence electrons. The minimum Gasteiger partial charge on any atom is -0.494 e. The first kappa shape index (κ1) is 30.4. The topological polar surface area (TPSA) is 146 Å². The Labute approximate surface area is 254 Å². The van der Waals surface area contributed by atoms with Crippen molar-refractivity contribution in [3.8, 4) is 5.88 Å². The number of piperazine rings is 1. The molecule has 0 aliphatic carbocycles. The Kier molecular flexibility index (Phi) is 9.04. The molecule has 0 unspecified atom stereocenters. The maximum atomic E-state index is 13.0. The Hall–Kier alpha value is -5.04. The Balaban J connectivity index is 1.54. The number of carbonyl (C=O) groups is 3. The molecule has 1 aliphatic rings. The molecule has 0 atom stereocenters. The number of methoxy groups -OCH3 is 1. The molecule has 0 bridgehead atoms. The van der Waals surface area contributed by atoms with Gasteiger partial charge in [0.2, 0.25) is 11.8 Å². The second-order valence-corrected chi connectivity index (χ2v) is 10.6. The van der Waals surface area contributed by atoms with Crippen LogP contribution in [0.4, 0.5) is 16.2 Å². The van der Waals surface area contributed by atoms with Crippen molar-refractivity contribution in [1.29, 1.82) is 0 Å². The number of fused-ring (bicyclic) bond motifs is 1. The van der Waals surface area contributed by atoms with Gasteiger partial charge in [0.25, 0.3) is 0 Å². The quantitative estimate of drug-likeness (QED) is 0.0970. The molecule has 2 heterocycles. The number of amides is 2. The van der Waals surface area contributed by atoms with Gasteiger partial charge in [-0.15, -0.1) is 0 Å². The number of benzene rings is 3. The Morgan fingerprint density at radius 3 is 2.30 bits per heavy atom. The largest absolute Gasteiger partial charge is 0.494 e. The average molecular weight is 598 g/mol. The number of aliphatic imine (C=N–C) groups is 1. The minimum atomic E-state index is -0.804. The van der Waals surface area contributed by atoms with Gasteiger partial charge in [-0.3, -0.25) is 15.1 Å². The molecular weight excluding hydrogens is 562 g/mol. The fourth-order valence-electron chi connectivity index (χ4n) is 5.21. The highest BCUT2D eigenvalue weighted by Gasteiger charge is 2.26. The molecule has 1 aliphatic heterocycles. The lowest BCUT2D eigenvalue weighted by Gasteiger charge is -2.32. The number of nitrogens with two attached hydrogens (primary N) is 1. The number of carbonyl (C=O) groups excluding carboxylic acids is 3. The summed E-state index contributed by atoms with van der Waals surface area (Å²) in [4.78, 5) is 49.0. The zero-order valence-corrected chi connectivity index (χ0v) is 24.9. The summed E-state index contributed by atoms with van der Waals surface area (Å²) in [7, 11) is 5.09. The molecule has 0 spiro atoms. The van der Waals surface area contributed by atoms with Gasteiger partial charge in [0, 0.05) is 49.9 Å². The highest BCUT2D eigenvalue weighted by molar-refractivity contribution is 6.23. The molecule has 2 amide bonds. The van der Waals surface area contributed by atoms with Crippen LogP contribution in [0.3, 0.4) is 0 Å². The second-order valence-electron chi connectivity index (χ2n) is 10.6. The zero-order valence-electron chi connectivity index (χ0n) is 24.9. The predicted octanol–water partition coefficient (Wildman–Crippen LogP) is 2.94. The van der Waals surface area contributed by atoms with Crippen molar-refractivity contribution in [3.05, 3.63) is 89.5 Å². The van der Waals surface area contributed by atoms with Crippen LogP contribution in [-0.2, 0) is 9.53 Å². The monoisotopic (exact) mass is 597 g/mol. The number of hydrogen-bond donors (Lipinski definition) is 3. The normalized spacial score (nSPS) is 14.4. The smallest absolute Gasteiger partial charge is 0.343 e. The molecule has 4 aromatic rings. The van der Waals surface area contributed by atoms with Crippen molar-refractivity contribution in [2.24, 2.45) is 10.8 Å². The summed E-state index contributed by atoms with van der Waals surface area (Å²) < 4.78 is 5.83. The van der Waals surface area contributed by atoms with Gasteiger partial charge < -0.3 is 19.6 Å². The van der Waals surface area contributed by atoms with Crippen molar-refractivity contribution >= 4 is 45.9 Å². The minimum absolute atomic E-state index is 0.00184. The number of nitrogens with zero attached hydrogens (tertiary/aromatic N) is 5. The summed E-state index contributed by atoms with van der Waals surface area (Å²) >= 11 is 0. The number of ether oxygens (including phenoxy) is 1. The molecule has 3 aromatic carbocycles. The van der Waals surface area contributed by atoms with Crippen molar-refractivity contribution < 1.29 is 24.2 Å². The standard InChI is InChI=1S/C32H35N7O5/c1-36-15-17-38(18-16-36)20-27(40)37(2)24-12-10-23(11-13-24)34-29(21-7-5-4-6-8-21)28-25-14-9-22(31(42)44-3)19-26(25)39(30(28)41)32(43)35-33/h4-14,19,41H,15-18,20,33H2,1-3H3,(H,35,43). The number of hydrogen-bond acceptors (Lipinski definition) is 9. The SMILES string of the molecule is COC(=O)c1ccc2c(C(=Nc3ccc(N(C)C(=O)CN4CCN(C)CC4)cc3)c3ccccc3)c(O)n(C(=O)NN)c2c1. The van der Waals surface area contributed by atoms with E-state index in [9.17, 15) is 19.5 Å². The van der Waals surface area contributed by atoms with Crippen LogP contribution in [0.1, 0.15) is 21.5 Å². The lowest BCUT2D eigenvalue weighted by molar-refractivity contribution is -0.119. The van der Waals surface area contributed by atoms with Crippen molar-refractivity contribution in [1.82, 2.24) is 19.8 Å². The molecule has 1 aromatic heterocycles. The van der Waals surface area contributed by atoms with Gasteiger partial charge in [-0.25, -0.2) is 25.0 Å². The summed E-state index contributed by atoms with van der Waals surface area (Å²) in [6, 6.07) is 20.2. The summed E-state index contributed by atoms with van der Waals surface area (Å²) in [6.07, 6.45) is 0. The van der Waals surface area contributed by atoms with Gasteiger partial charge in [-0.2, -0.15) is 0 Å². The molecule has 44 heavy (non-hydrogen) atoms. The van der Waals surface area contributed by atoms with Crippen molar-refractivity contribution in [3.63, 3.8) is 0 Å². The van der Waals surface area contributed by atoms with Gasteiger partial charge in [-0.1, -0.05) is 36.4 Å². The van der Waals surface area contributed by atoms with E-state index < -0.39 is 17.9 Å². The lowest BCUT2D eigenvalue weighted by Crippen LogP contribution is -2.48. The van der Waals surface area contributed by atoms with Gasteiger partial charge >= 0.3 is 12.0 Å². The summed E-state index contributed by atoms with van der Waals surface area (Å²) in [6.45, 7) is 3.92. The van der Waals surface area contributed by atoms with E-state index in [-0.39, 0.29) is 22.6 Å². The summed E-state index contributed by atoms with van der Waals surface area (Å²) in [5.74, 6) is 4.43. The van der Waals surface area contributed by atoms with Crippen LogP contribution in [0.25, 0.3) is 10.9 Å². The Morgan fingerprint density at radius 1 is 0.977 bits per heavy atom. The first-order valence-electron chi connectivity index (χ1n) is 14.1. The van der Waals surface area contributed by atoms with E-state index in [4.69, 9.17) is 15.6 Å². The second kappa shape index (κ2) is 13.1. The van der Waals surface area contributed by atoms with Crippen LogP contribution in [0, 0.1) is 0 Å². The molecule has 1 saturated heterocycles. The van der Waals surface area contributed by atoms with Crippen LogP contribution in [-0.4, -0.2) is 97.0 Å². The molecule has 0 radical (unpaired) electrons. The number of esters is 1. The van der Waals surface area contributed by atoms with E-state index in [0.29, 0.717) is 28.9 Å². The number of hydrazine groups is 1. The van der Waals surface area contributed by atoms with E-state index in [1.165, 1.54) is 13.2 Å². The number of anilines is 1. The highest BCUT2D eigenvalue weighted by atomic mass is 16.5. The fourth-order valence-corrected chi connectivity index (χ4v) is 5.21. The molecule has 12 nitrogen and oxygen atoms in total. The van der Waals surface area contributed by atoms with Gasteiger partial charge in [0.15, 0.2) is 0 Å². The van der Waals surface area contributed by atoms with E-state index in [1.807, 2.05) is 47.9 Å². The third-order valence-electron chi connectivity index (χ3n) is 7.78. The zero-order chi connectivity index (χ0) is 31.4. The lowest BCUT2D eigenvalue weighted by atomic mass is 10.00. The van der Waals surface area contributed by atoms with Crippen LogP contribution >= 0.6 is 0 Å². The number of nitrogen functional groups attached to an aromatic ring is 1. The number of nitrogens with one attached hydrogen (secondary N) is 1. The van der Waals surface area contributed by atoms with E-state index in [1.54, 1.807) is 36.2 Å². The first-order valence-corrected chi connectivity index (χ1v) is 14.1. The van der Waals surface area contributed by atoms with Crippen molar-refractivity contribution in [2.45, 2.75) is 0 Å². The maximum absolute atomic E-state index is 13.0. The molecule has 0 saturated carbocycles. The van der Waals surface area contributed by atoms with Gasteiger partial charge in [-0.05, 0) is 43.4 Å². The fraction of sp³-hybridized carbons (Fsp3) is 0.250. The third-order valence-corrected chi connectivity index (χ3v) is 7.78. The number of likely N-dealkylation sites (N-methyl/N-ethyl adjacent to an activating group) is 2. The molecule has 4 N–H and O–H groups in total. The van der Waals surface area contributed by atoms with Crippen molar-refractivity contribution in [2.75, 3.05) is 58.8 Å². The molecule has 12 heteroatoms. The maximum Gasteiger partial charge on any atom is 0.343 e. The van der Waals surface area contributed by atoms with Crippen LogP contribution in [0.2, 0.25) is 0 Å².